The van der Waals surface area contributed by atoms with Gasteiger partial charge in [-0.15, -0.1) is 12.4 Å². The van der Waals surface area contributed by atoms with E-state index in [2.05, 4.69) is 12.2 Å². The number of fused-ring (bicyclic) bond motifs is 1. The Bertz CT molecular complexity index is 619. The minimum absolute atomic E-state index is 0. The quantitative estimate of drug-likeness (QED) is 0.825. The minimum Gasteiger partial charge on any atom is -0.454 e. The first-order valence-electron chi connectivity index (χ1n) is 8.03. The van der Waals surface area contributed by atoms with Crippen LogP contribution in [0.25, 0.3) is 6.08 Å². The van der Waals surface area contributed by atoms with Crippen LogP contribution in [0.1, 0.15) is 32.3 Å². The van der Waals surface area contributed by atoms with Gasteiger partial charge in [0.05, 0.1) is 11.7 Å². The van der Waals surface area contributed by atoms with E-state index in [-0.39, 0.29) is 36.7 Å². The number of carbonyl (C=O) groups is 1. The van der Waals surface area contributed by atoms with Crippen LogP contribution in [0.3, 0.4) is 0 Å². The van der Waals surface area contributed by atoms with E-state index in [0.29, 0.717) is 12.8 Å². The van der Waals surface area contributed by atoms with Crippen molar-refractivity contribution in [2.45, 2.75) is 38.4 Å². The van der Waals surface area contributed by atoms with Crippen LogP contribution < -0.4 is 14.8 Å². The van der Waals surface area contributed by atoms with Crippen LogP contribution >= 0.6 is 12.4 Å². The third-order valence-electron chi connectivity index (χ3n) is 4.17. The normalized spacial score (nSPS) is 25.5. The molecule has 3 rings (SSSR count). The SMILES string of the molecule is CC1CNCC(C)(CCC(=O)/C=C/c2ccc3c(c2)OCO3)O1.Cl. The fraction of sp³-hybridized carbons (Fsp3) is 0.500. The maximum Gasteiger partial charge on any atom is 0.231 e. The summed E-state index contributed by atoms with van der Waals surface area (Å²) in [5, 5.41) is 3.35. The van der Waals surface area contributed by atoms with Crippen molar-refractivity contribution < 1.29 is 19.0 Å². The van der Waals surface area contributed by atoms with E-state index in [4.69, 9.17) is 14.2 Å². The predicted molar refractivity (Wildman–Crippen MR) is 94.9 cm³/mol. The van der Waals surface area contributed by atoms with Gasteiger partial charge in [-0.1, -0.05) is 12.1 Å². The summed E-state index contributed by atoms with van der Waals surface area (Å²) in [6.07, 6.45) is 4.82. The molecule has 24 heavy (non-hydrogen) atoms. The van der Waals surface area contributed by atoms with Crippen LogP contribution in [0.5, 0.6) is 11.5 Å². The zero-order valence-corrected chi connectivity index (χ0v) is 14.9. The molecule has 1 saturated heterocycles. The molecule has 0 aromatic heterocycles. The maximum absolute atomic E-state index is 12.1. The van der Waals surface area contributed by atoms with Crippen LogP contribution in [0.4, 0.5) is 0 Å². The highest BCUT2D eigenvalue weighted by molar-refractivity contribution is 5.93. The molecule has 5 nitrogen and oxygen atoms in total. The van der Waals surface area contributed by atoms with Gasteiger partial charge < -0.3 is 19.5 Å². The van der Waals surface area contributed by atoms with Gasteiger partial charge in [-0.3, -0.25) is 4.79 Å². The molecular formula is C18H24ClNO4. The molecule has 2 unspecified atom stereocenters. The highest BCUT2D eigenvalue weighted by atomic mass is 35.5. The van der Waals surface area contributed by atoms with Gasteiger partial charge in [0.15, 0.2) is 17.3 Å². The molecule has 2 aliphatic heterocycles. The van der Waals surface area contributed by atoms with E-state index >= 15 is 0 Å². The van der Waals surface area contributed by atoms with Crippen LogP contribution in [0, 0.1) is 0 Å². The fourth-order valence-corrected chi connectivity index (χ4v) is 2.93. The van der Waals surface area contributed by atoms with Gasteiger partial charge >= 0.3 is 0 Å². The summed E-state index contributed by atoms with van der Waals surface area (Å²) >= 11 is 0. The first-order valence-corrected chi connectivity index (χ1v) is 8.03. The number of nitrogens with one attached hydrogen (secondary N) is 1. The van der Waals surface area contributed by atoms with Crippen molar-refractivity contribution in [3.63, 3.8) is 0 Å². The zero-order chi connectivity index (χ0) is 16.3. The lowest BCUT2D eigenvalue weighted by Crippen LogP contribution is -2.51. The van der Waals surface area contributed by atoms with Crippen LogP contribution in [0.2, 0.25) is 0 Å². The second-order valence-electron chi connectivity index (χ2n) is 6.42. The number of ether oxygens (including phenoxy) is 3. The van der Waals surface area contributed by atoms with E-state index in [9.17, 15) is 4.79 Å². The van der Waals surface area contributed by atoms with Crippen molar-refractivity contribution in [1.29, 1.82) is 0 Å². The lowest BCUT2D eigenvalue weighted by molar-refractivity contribution is -0.121. The average Bonchev–Trinajstić information content (AvgIpc) is 2.98. The molecule has 0 aliphatic carbocycles. The van der Waals surface area contributed by atoms with Gasteiger partial charge in [0.25, 0.3) is 0 Å². The minimum atomic E-state index is -0.264. The van der Waals surface area contributed by atoms with Gasteiger partial charge in [-0.2, -0.15) is 0 Å². The molecular weight excluding hydrogens is 330 g/mol. The monoisotopic (exact) mass is 353 g/mol. The molecule has 1 fully saturated rings. The standard InChI is InChI=1S/C18H23NO4.ClH/c1-13-10-19-11-18(2,23-13)8-7-15(20)5-3-14-4-6-16-17(9-14)22-12-21-16;/h3-6,9,13,19H,7-8,10-12H2,1-2H3;1H/b5-3+;. The Balaban J connectivity index is 0.00000208. The molecule has 2 heterocycles. The van der Waals surface area contributed by atoms with Gasteiger partial charge in [0.1, 0.15) is 0 Å². The lowest BCUT2D eigenvalue weighted by Gasteiger charge is -2.38. The topological polar surface area (TPSA) is 56.8 Å². The smallest absolute Gasteiger partial charge is 0.231 e. The summed E-state index contributed by atoms with van der Waals surface area (Å²) < 4.78 is 16.6. The van der Waals surface area contributed by atoms with Gasteiger partial charge in [-0.05, 0) is 44.0 Å². The van der Waals surface area contributed by atoms with Crippen molar-refractivity contribution in [2.24, 2.45) is 0 Å². The van der Waals surface area contributed by atoms with Crippen LogP contribution in [-0.4, -0.2) is 37.4 Å². The number of carbonyl (C=O) groups excluding carboxylic acids is 1. The maximum atomic E-state index is 12.1. The molecule has 0 bridgehead atoms. The Morgan fingerprint density at radius 3 is 2.96 bits per heavy atom. The summed E-state index contributed by atoms with van der Waals surface area (Å²) in [5.74, 6) is 1.57. The molecule has 0 spiro atoms. The number of allylic oxidation sites excluding steroid dienone is 1. The number of hydrogen-bond acceptors (Lipinski definition) is 5. The number of morpholine rings is 1. The molecule has 2 aliphatic rings. The third-order valence-corrected chi connectivity index (χ3v) is 4.17. The van der Waals surface area contributed by atoms with Crippen LogP contribution in [-0.2, 0) is 9.53 Å². The van der Waals surface area contributed by atoms with Crippen molar-refractivity contribution >= 4 is 24.3 Å². The Morgan fingerprint density at radius 2 is 2.17 bits per heavy atom. The summed E-state index contributed by atoms with van der Waals surface area (Å²) in [7, 11) is 0. The third kappa shape index (κ3) is 4.72. The summed E-state index contributed by atoms with van der Waals surface area (Å²) in [5.41, 5.74) is 0.665. The number of rotatable bonds is 5. The number of benzene rings is 1. The molecule has 2 atom stereocenters. The Hall–Kier alpha value is -1.56. The summed E-state index contributed by atoms with van der Waals surface area (Å²) in [4.78, 5) is 12.1. The zero-order valence-electron chi connectivity index (χ0n) is 14.0. The summed E-state index contributed by atoms with van der Waals surface area (Å²) in [6, 6.07) is 5.65. The van der Waals surface area contributed by atoms with Gasteiger partial charge in [0, 0.05) is 19.5 Å². The molecule has 1 aromatic carbocycles. The molecule has 0 radical (unpaired) electrons. The molecule has 132 valence electrons. The number of ketones is 1. The Morgan fingerprint density at radius 1 is 1.38 bits per heavy atom. The van der Waals surface area contributed by atoms with Crippen molar-refractivity contribution in [2.75, 3.05) is 19.9 Å². The molecule has 0 saturated carbocycles. The Kier molecular flexibility index (Phi) is 6.27. The first-order chi connectivity index (χ1) is 11.0. The van der Waals surface area contributed by atoms with E-state index in [1.807, 2.05) is 31.2 Å². The van der Waals surface area contributed by atoms with Crippen molar-refractivity contribution in [1.82, 2.24) is 5.32 Å². The highest BCUT2D eigenvalue weighted by Crippen LogP contribution is 2.32. The highest BCUT2D eigenvalue weighted by Gasteiger charge is 2.31. The second-order valence-corrected chi connectivity index (χ2v) is 6.42. The van der Waals surface area contributed by atoms with Gasteiger partial charge in [0.2, 0.25) is 6.79 Å². The van der Waals surface area contributed by atoms with Crippen molar-refractivity contribution in [3.05, 3.63) is 29.8 Å². The average molecular weight is 354 g/mol. The second kappa shape index (κ2) is 8.01. The van der Waals surface area contributed by atoms with Crippen molar-refractivity contribution in [3.8, 4) is 11.5 Å². The van der Waals surface area contributed by atoms with E-state index in [1.54, 1.807) is 6.08 Å². The van der Waals surface area contributed by atoms with E-state index in [1.165, 1.54) is 0 Å². The largest absolute Gasteiger partial charge is 0.454 e. The fourth-order valence-electron chi connectivity index (χ4n) is 2.93. The van der Waals surface area contributed by atoms with E-state index < -0.39 is 0 Å². The van der Waals surface area contributed by atoms with Gasteiger partial charge in [-0.25, -0.2) is 0 Å². The molecule has 0 amide bonds. The summed E-state index contributed by atoms with van der Waals surface area (Å²) in [6.45, 7) is 6.02. The molecule has 1 aromatic rings. The van der Waals surface area contributed by atoms with E-state index in [0.717, 1.165) is 30.2 Å². The van der Waals surface area contributed by atoms with Crippen LogP contribution in [0.15, 0.2) is 24.3 Å². The Labute approximate surface area is 148 Å². The first kappa shape index (κ1) is 18.8. The lowest BCUT2D eigenvalue weighted by atomic mass is 9.96. The number of halogens is 1. The molecule has 6 heteroatoms. The predicted octanol–water partition coefficient (Wildman–Crippen LogP) is 2.97. The number of hydrogen-bond donors (Lipinski definition) is 1. The molecule has 1 N–H and O–H groups in total.